The monoisotopic (exact) mass is 169 g/mol. The fraction of sp³-hybridized carbons (Fsp3) is 1.00. The number of nitrogens with zero attached hydrogens (tertiary/aromatic N) is 1. The van der Waals surface area contributed by atoms with Gasteiger partial charge in [-0.1, -0.05) is 0 Å². The second-order valence-electron chi connectivity index (χ2n) is 3.93. The van der Waals surface area contributed by atoms with Crippen molar-refractivity contribution in [2.24, 2.45) is 11.7 Å². The van der Waals surface area contributed by atoms with Crippen LogP contribution in [-0.4, -0.2) is 43.7 Å². The summed E-state index contributed by atoms with van der Waals surface area (Å²) in [6, 6.07) is 0.794. The summed E-state index contributed by atoms with van der Waals surface area (Å²) in [6.07, 6.45) is 2.88. The molecule has 3 heteroatoms. The third-order valence-corrected chi connectivity index (χ3v) is 2.98. The molecule has 1 aliphatic heterocycles. The minimum absolute atomic E-state index is 0.794. The van der Waals surface area contributed by atoms with Gasteiger partial charge in [-0.25, -0.2) is 0 Å². The van der Waals surface area contributed by atoms with Gasteiger partial charge in [0.15, 0.2) is 0 Å². The van der Waals surface area contributed by atoms with Crippen molar-refractivity contribution in [3.63, 3.8) is 0 Å². The molecule has 0 radical (unpaired) electrons. The Labute approximate surface area is 74.3 Å². The minimum Gasteiger partial charge on any atom is -0.329 e. The molecular formula is C9H19N3. The lowest BCUT2D eigenvalue weighted by atomic mass is 10.1. The van der Waals surface area contributed by atoms with E-state index in [9.17, 15) is 0 Å². The van der Waals surface area contributed by atoms with Crippen molar-refractivity contribution in [3.05, 3.63) is 0 Å². The maximum absolute atomic E-state index is 5.58. The zero-order chi connectivity index (χ0) is 8.39. The van der Waals surface area contributed by atoms with Gasteiger partial charge in [-0.3, -0.25) is 4.90 Å². The molecule has 1 heterocycles. The molecule has 0 aromatic carbocycles. The van der Waals surface area contributed by atoms with Crippen LogP contribution in [0.4, 0.5) is 0 Å². The topological polar surface area (TPSA) is 41.3 Å². The van der Waals surface area contributed by atoms with Crippen molar-refractivity contribution in [2.45, 2.75) is 18.9 Å². The Hall–Kier alpha value is -0.120. The molecule has 0 aromatic rings. The van der Waals surface area contributed by atoms with E-state index in [4.69, 9.17) is 5.73 Å². The molecule has 1 unspecified atom stereocenters. The summed E-state index contributed by atoms with van der Waals surface area (Å²) < 4.78 is 0. The van der Waals surface area contributed by atoms with Crippen molar-refractivity contribution < 1.29 is 0 Å². The zero-order valence-corrected chi connectivity index (χ0v) is 7.63. The summed E-state index contributed by atoms with van der Waals surface area (Å²) in [5, 5.41) is 3.46. The first kappa shape index (κ1) is 8.48. The van der Waals surface area contributed by atoms with E-state index in [0.717, 1.165) is 31.6 Å². The Bertz CT molecular complexity index is 143. The molecule has 3 N–H and O–H groups in total. The lowest BCUT2D eigenvalue weighted by molar-refractivity contribution is 0.148. The Kier molecular flexibility index (Phi) is 2.63. The normalized spacial score (nSPS) is 32.2. The number of hydrogen-bond acceptors (Lipinski definition) is 3. The number of piperazine rings is 1. The van der Waals surface area contributed by atoms with Crippen LogP contribution >= 0.6 is 0 Å². The van der Waals surface area contributed by atoms with E-state index in [2.05, 4.69) is 10.2 Å². The molecule has 0 spiro atoms. The molecule has 1 saturated carbocycles. The highest BCUT2D eigenvalue weighted by Gasteiger charge is 2.35. The van der Waals surface area contributed by atoms with Crippen molar-refractivity contribution in [3.8, 4) is 0 Å². The second-order valence-corrected chi connectivity index (χ2v) is 3.93. The van der Waals surface area contributed by atoms with E-state index in [1.165, 1.54) is 25.9 Å². The molecule has 1 aliphatic carbocycles. The summed E-state index contributed by atoms with van der Waals surface area (Å²) in [5.41, 5.74) is 5.58. The maximum atomic E-state index is 5.58. The largest absolute Gasteiger partial charge is 0.329 e. The molecule has 0 aromatic heterocycles. The first-order valence-corrected chi connectivity index (χ1v) is 5.06. The minimum atomic E-state index is 0.794. The SMILES string of the molecule is NCCN1CCNCC1C1CC1. The van der Waals surface area contributed by atoms with E-state index in [1.54, 1.807) is 0 Å². The summed E-state index contributed by atoms with van der Waals surface area (Å²) in [5.74, 6) is 0.976. The molecule has 1 saturated heterocycles. The quantitative estimate of drug-likeness (QED) is 0.605. The maximum Gasteiger partial charge on any atom is 0.0249 e. The van der Waals surface area contributed by atoms with Crippen molar-refractivity contribution in [1.82, 2.24) is 10.2 Å². The summed E-state index contributed by atoms with van der Waals surface area (Å²) >= 11 is 0. The zero-order valence-electron chi connectivity index (χ0n) is 7.63. The molecule has 70 valence electrons. The molecule has 12 heavy (non-hydrogen) atoms. The number of nitrogens with one attached hydrogen (secondary N) is 1. The first-order valence-electron chi connectivity index (χ1n) is 5.06. The number of rotatable bonds is 3. The van der Waals surface area contributed by atoms with Gasteiger partial charge in [-0.2, -0.15) is 0 Å². The average Bonchev–Trinajstić information content (AvgIpc) is 2.89. The lowest BCUT2D eigenvalue weighted by Crippen LogP contribution is -2.53. The summed E-state index contributed by atoms with van der Waals surface area (Å²) in [6.45, 7) is 5.41. The predicted octanol–water partition coefficient (Wildman–Crippen LogP) is -0.371. The molecule has 2 fully saturated rings. The van der Waals surface area contributed by atoms with Gasteiger partial charge in [0.05, 0.1) is 0 Å². The summed E-state index contributed by atoms with van der Waals surface area (Å²) in [4.78, 5) is 2.56. The Balaban J connectivity index is 1.87. The molecule has 2 rings (SSSR count). The van der Waals surface area contributed by atoms with Crippen LogP contribution in [0.1, 0.15) is 12.8 Å². The van der Waals surface area contributed by atoms with Gasteiger partial charge in [0.2, 0.25) is 0 Å². The molecule has 1 atom stereocenters. The van der Waals surface area contributed by atoms with Crippen molar-refractivity contribution >= 4 is 0 Å². The average molecular weight is 169 g/mol. The van der Waals surface area contributed by atoms with Gasteiger partial charge in [0.1, 0.15) is 0 Å². The third kappa shape index (κ3) is 1.79. The van der Waals surface area contributed by atoms with Gasteiger partial charge in [-0.15, -0.1) is 0 Å². The highest BCUT2D eigenvalue weighted by molar-refractivity contribution is 4.92. The van der Waals surface area contributed by atoms with Crippen molar-refractivity contribution in [2.75, 3.05) is 32.7 Å². The van der Waals surface area contributed by atoms with E-state index >= 15 is 0 Å². The van der Waals surface area contributed by atoms with E-state index in [-0.39, 0.29) is 0 Å². The highest BCUT2D eigenvalue weighted by Crippen LogP contribution is 2.35. The molecule has 3 nitrogen and oxygen atoms in total. The van der Waals surface area contributed by atoms with Gasteiger partial charge >= 0.3 is 0 Å². The van der Waals surface area contributed by atoms with E-state index in [0.29, 0.717) is 0 Å². The smallest absolute Gasteiger partial charge is 0.0249 e. The van der Waals surface area contributed by atoms with Crippen LogP contribution in [0.2, 0.25) is 0 Å². The van der Waals surface area contributed by atoms with Gasteiger partial charge < -0.3 is 11.1 Å². The van der Waals surface area contributed by atoms with Crippen LogP contribution in [0.25, 0.3) is 0 Å². The van der Waals surface area contributed by atoms with Crippen LogP contribution in [0.5, 0.6) is 0 Å². The van der Waals surface area contributed by atoms with Gasteiger partial charge in [0.25, 0.3) is 0 Å². The first-order chi connectivity index (χ1) is 5.92. The Morgan fingerprint density at radius 1 is 1.42 bits per heavy atom. The van der Waals surface area contributed by atoms with Crippen LogP contribution in [-0.2, 0) is 0 Å². The second kappa shape index (κ2) is 3.73. The highest BCUT2D eigenvalue weighted by atomic mass is 15.2. The Morgan fingerprint density at radius 2 is 2.25 bits per heavy atom. The third-order valence-electron chi connectivity index (χ3n) is 2.98. The van der Waals surface area contributed by atoms with Gasteiger partial charge in [0, 0.05) is 38.8 Å². The van der Waals surface area contributed by atoms with E-state index < -0.39 is 0 Å². The molecule has 0 amide bonds. The van der Waals surface area contributed by atoms with Crippen LogP contribution < -0.4 is 11.1 Å². The molecule has 2 aliphatic rings. The lowest BCUT2D eigenvalue weighted by Gasteiger charge is -2.36. The van der Waals surface area contributed by atoms with Crippen LogP contribution in [0.15, 0.2) is 0 Å². The standard InChI is InChI=1S/C9H19N3/c10-3-5-12-6-4-11-7-9(12)8-1-2-8/h8-9,11H,1-7,10H2. The predicted molar refractivity (Wildman–Crippen MR) is 50.0 cm³/mol. The van der Waals surface area contributed by atoms with Crippen molar-refractivity contribution in [1.29, 1.82) is 0 Å². The van der Waals surface area contributed by atoms with Crippen LogP contribution in [0.3, 0.4) is 0 Å². The fourth-order valence-corrected chi connectivity index (χ4v) is 2.16. The molecular weight excluding hydrogens is 150 g/mol. The van der Waals surface area contributed by atoms with E-state index in [1.807, 2.05) is 0 Å². The number of hydrogen-bond donors (Lipinski definition) is 2. The summed E-state index contributed by atoms with van der Waals surface area (Å²) in [7, 11) is 0. The number of nitrogens with two attached hydrogens (primary N) is 1. The fourth-order valence-electron chi connectivity index (χ4n) is 2.16. The van der Waals surface area contributed by atoms with Crippen LogP contribution in [0, 0.1) is 5.92 Å². The Morgan fingerprint density at radius 3 is 2.92 bits per heavy atom. The molecule has 0 bridgehead atoms. The van der Waals surface area contributed by atoms with Gasteiger partial charge in [-0.05, 0) is 18.8 Å².